The van der Waals surface area contributed by atoms with Gasteiger partial charge in [0.05, 0.1) is 6.04 Å². The highest BCUT2D eigenvalue weighted by atomic mass is 16.3. The molecule has 0 saturated heterocycles. The monoisotopic (exact) mass is 377 g/mol. The minimum atomic E-state index is -0.275. The molecule has 1 atom stereocenters. The number of amides is 1. The average molecular weight is 377 g/mol. The SMILES string of the molecule is CCCCC(N)c1nc(C(=O)NCC(c2ccccc2)c2ccccc2)co1. The molecule has 5 nitrogen and oxygen atoms in total. The Hall–Kier alpha value is -2.92. The van der Waals surface area contributed by atoms with Crippen molar-refractivity contribution in [2.24, 2.45) is 5.73 Å². The molecule has 0 spiro atoms. The van der Waals surface area contributed by atoms with Gasteiger partial charge in [-0.1, -0.05) is 80.4 Å². The molecule has 0 aliphatic heterocycles. The summed E-state index contributed by atoms with van der Waals surface area (Å²) in [5, 5.41) is 2.99. The highest BCUT2D eigenvalue weighted by Crippen LogP contribution is 2.24. The molecule has 0 aliphatic carbocycles. The number of rotatable bonds is 9. The van der Waals surface area contributed by atoms with Gasteiger partial charge in [0.1, 0.15) is 6.26 Å². The Morgan fingerprint density at radius 2 is 1.68 bits per heavy atom. The third-order valence-electron chi connectivity index (χ3n) is 4.81. The first-order chi connectivity index (χ1) is 13.7. The van der Waals surface area contributed by atoms with Crippen LogP contribution in [0.4, 0.5) is 0 Å². The van der Waals surface area contributed by atoms with Crippen LogP contribution in [0.15, 0.2) is 71.3 Å². The minimum absolute atomic E-state index is 0.0598. The van der Waals surface area contributed by atoms with Crippen LogP contribution in [0.25, 0.3) is 0 Å². The van der Waals surface area contributed by atoms with E-state index in [4.69, 9.17) is 10.2 Å². The maximum absolute atomic E-state index is 12.6. The van der Waals surface area contributed by atoms with E-state index in [0.29, 0.717) is 12.4 Å². The van der Waals surface area contributed by atoms with Gasteiger partial charge in [-0.05, 0) is 17.5 Å². The summed E-state index contributed by atoms with van der Waals surface area (Å²) >= 11 is 0. The second-order valence-electron chi connectivity index (χ2n) is 6.90. The number of nitrogens with zero attached hydrogens (tertiary/aromatic N) is 1. The Bertz CT molecular complexity index is 822. The molecule has 146 valence electrons. The van der Waals surface area contributed by atoms with Crippen LogP contribution in [0.2, 0.25) is 0 Å². The van der Waals surface area contributed by atoms with Gasteiger partial charge in [0.15, 0.2) is 5.69 Å². The lowest BCUT2D eigenvalue weighted by atomic mass is 9.91. The lowest BCUT2D eigenvalue weighted by Crippen LogP contribution is -2.29. The van der Waals surface area contributed by atoms with Crippen molar-refractivity contribution >= 4 is 5.91 Å². The first-order valence-electron chi connectivity index (χ1n) is 9.78. The molecule has 5 heteroatoms. The fourth-order valence-corrected chi connectivity index (χ4v) is 3.19. The van der Waals surface area contributed by atoms with E-state index in [0.717, 1.165) is 30.4 Å². The Morgan fingerprint density at radius 1 is 1.07 bits per heavy atom. The van der Waals surface area contributed by atoms with Crippen LogP contribution in [0.1, 0.15) is 65.7 Å². The number of benzene rings is 2. The molecule has 0 bridgehead atoms. The van der Waals surface area contributed by atoms with Crippen LogP contribution in [0, 0.1) is 0 Å². The van der Waals surface area contributed by atoms with Crippen LogP contribution in [0.5, 0.6) is 0 Å². The van der Waals surface area contributed by atoms with E-state index in [9.17, 15) is 4.79 Å². The lowest BCUT2D eigenvalue weighted by molar-refractivity contribution is 0.0947. The van der Waals surface area contributed by atoms with E-state index in [1.807, 2.05) is 36.4 Å². The summed E-state index contributed by atoms with van der Waals surface area (Å²) in [4.78, 5) is 16.9. The Labute approximate surface area is 166 Å². The summed E-state index contributed by atoms with van der Waals surface area (Å²) < 4.78 is 5.42. The van der Waals surface area contributed by atoms with E-state index in [2.05, 4.69) is 41.5 Å². The van der Waals surface area contributed by atoms with Crippen LogP contribution in [0.3, 0.4) is 0 Å². The van der Waals surface area contributed by atoms with E-state index >= 15 is 0 Å². The highest BCUT2D eigenvalue weighted by molar-refractivity contribution is 5.92. The average Bonchev–Trinajstić information content (AvgIpc) is 3.24. The summed E-state index contributed by atoms with van der Waals surface area (Å²) in [6.45, 7) is 2.58. The van der Waals surface area contributed by atoms with Gasteiger partial charge in [0.25, 0.3) is 5.91 Å². The zero-order chi connectivity index (χ0) is 19.8. The van der Waals surface area contributed by atoms with E-state index in [-0.39, 0.29) is 23.6 Å². The third kappa shape index (κ3) is 5.08. The normalized spacial score (nSPS) is 12.1. The summed E-state index contributed by atoms with van der Waals surface area (Å²) in [6, 6.07) is 20.0. The summed E-state index contributed by atoms with van der Waals surface area (Å²) in [7, 11) is 0. The maximum atomic E-state index is 12.6. The van der Waals surface area contributed by atoms with E-state index in [1.165, 1.54) is 6.26 Å². The van der Waals surface area contributed by atoms with Gasteiger partial charge in [-0.3, -0.25) is 4.79 Å². The molecule has 3 rings (SSSR count). The van der Waals surface area contributed by atoms with Gasteiger partial charge < -0.3 is 15.5 Å². The van der Waals surface area contributed by atoms with E-state index < -0.39 is 0 Å². The van der Waals surface area contributed by atoms with Crippen LogP contribution < -0.4 is 11.1 Å². The number of nitrogens with two attached hydrogens (primary N) is 1. The number of carbonyl (C=O) groups excluding carboxylic acids is 1. The van der Waals surface area contributed by atoms with Crippen LogP contribution in [-0.4, -0.2) is 17.4 Å². The standard InChI is InChI=1S/C23H27N3O2/c1-2-3-14-20(24)23-26-21(16-28-23)22(27)25-15-19(17-10-6-4-7-11-17)18-12-8-5-9-13-18/h4-13,16,19-20H,2-3,14-15,24H2,1H3,(H,25,27). The molecule has 0 aliphatic rings. The van der Waals surface area contributed by atoms with Crippen molar-refractivity contribution in [3.63, 3.8) is 0 Å². The van der Waals surface area contributed by atoms with Gasteiger partial charge >= 0.3 is 0 Å². The Kier molecular flexibility index (Phi) is 6.98. The molecular formula is C23H27N3O2. The smallest absolute Gasteiger partial charge is 0.273 e. The molecule has 2 aromatic carbocycles. The molecule has 0 saturated carbocycles. The van der Waals surface area contributed by atoms with Crippen molar-refractivity contribution in [2.45, 2.75) is 38.1 Å². The number of carbonyl (C=O) groups is 1. The molecule has 0 radical (unpaired) electrons. The molecule has 1 unspecified atom stereocenters. The summed E-state index contributed by atoms with van der Waals surface area (Å²) in [5.74, 6) is 0.223. The fourth-order valence-electron chi connectivity index (χ4n) is 3.19. The first kappa shape index (κ1) is 19.8. The van der Waals surface area contributed by atoms with Crippen molar-refractivity contribution in [3.8, 4) is 0 Å². The molecule has 0 fully saturated rings. The Balaban J connectivity index is 1.68. The van der Waals surface area contributed by atoms with Crippen molar-refractivity contribution in [1.82, 2.24) is 10.3 Å². The number of unbranched alkanes of at least 4 members (excludes halogenated alkanes) is 1. The Morgan fingerprint density at radius 3 is 2.25 bits per heavy atom. The van der Waals surface area contributed by atoms with Crippen molar-refractivity contribution in [2.75, 3.05) is 6.54 Å². The molecule has 28 heavy (non-hydrogen) atoms. The number of hydrogen-bond donors (Lipinski definition) is 2. The van der Waals surface area contributed by atoms with Crippen molar-refractivity contribution in [1.29, 1.82) is 0 Å². The molecule has 3 aromatic rings. The van der Waals surface area contributed by atoms with Gasteiger partial charge in [0, 0.05) is 12.5 Å². The van der Waals surface area contributed by atoms with Crippen molar-refractivity contribution < 1.29 is 9.21 Å². The largest absolute Gasteiger partial charge is 0.446 e. The van der Waals surface area contributed by atoms with E-state index in [1.54, 1.807) is 0 Å². The van der Waals surface area contributed by atoms with Gasteiger partial charge in [0.2, 0.25) is 5.89 Å². The quantitative estimate of drug-likeness (QED) is 0.578. The predicted octanol–water partition coefficient (Wildman–Crippen LogP) is 4.43. The summed E-state index contributed by atoms with van der Waals surface area (Å²) in [6.07, 6.45) is 4.24. The van der Waals surface area contributed by atoms with Crippen molar-refractivity contribution in [3.05, 3.63) is 89.6 Å². The second-order valence-corrected chi connectivity index (χ2v) is 6.90. The van der Waals surface area contributed by atoms with Gasteiger partial charge in [-0.25, -0.2) is 4.98 Å². The number of oxazole rings is 1. The zero-order valence-electron chi connectivity index (χ0n) is 16.2. The molecule has 3 N–H and O–H groups in total. The fraction of sp³-hybridized carbons (Fsp3) is 0.304. The number of aromatic nitrogens is 1. The lowest BCUT2D eigenvalue weighted by Gasteiger charge is -2.18. The van der Waals surface area contributed by atoms with Gasteiger partial charge in [-0.2, -0.15) is 0 Å². The zero-order valence-corrected chi connectivity index (χ0v) is 16.2. The third-order valence-corrected chi connectivity index (χ3v) is 4.81. The topological polar surface area (TPSA) is 81.1 Å². The molecular weight excluding hydrogens is 350 g/mol. The molecule has 1 amide bonds. The predicted molar refractivity (Wildman–Crippen MR) is 110 cm³/mol. The highest BCUT2D eigenvalue weighted by Gasteiger charge is 2.19. The second kappa shape index (κ2) is 9.85. The minimum Gasteiger partial charge on any atom is -0.446 e. The number of nitrogens with one attached hydrogen (secondary N) is 1. The molecule has 1 aromatic heterocycles. The maximum Gasteiger partial charge on any atom is 0.273 e. The number of hydrogen-bond acceptors (Lipinski definition) is 4. The van der Waals surface area contributed by atoms with Crippen LogP contribution in [-0.2, 0) is 0 Å². The first-order valence-corrected chi connectivity index (χ1v) is 9.78. The molecule has 1 heterocycles. The van der Waals surface area contributed by atoms with Crippen LogP contribution >= 0.6 is 0 Å². The summed E-state index contributed by atoms with van der Waals surface area (Å²) in [5.41, 5.74) is 8.65. The van der Waals surface area contributed by atoms with Gasteiger partial charge in [-0.15, -0.1) is 0 Å².